The average molecular weight is 231 g/mol. The molecular formula is C13H13NO3. The van der Waals surface area contributed by atoms with E-state index in [4.69, 9.17) is 4.74 Å². The summed E-state index contributed by atoms with van der Waals surface area (Å²) in [5.41, 5.74) is 0.531. The summed E-state index contributed by atoms with van der Waals surface area (Å²) in [5, 5.41) is 0. The van der Waals surface area contributed by atoms with Crippen LogP contribution < -0.4 is 9.64 Å². The van der Waals surface area contributed by atoms with Gasteiger partial charge in [0.05, 0.1) is 11.8 Å². The Hall–Kier alpha value is -2.10. The molecule has 1 aliphatic rings. The topological polar surface area (TPSA) is 46.6 Å². The molecule has 17 heavy (non-hydrogen) atoms. The second-order valence-electron chi connectivity index (χ2n) is 4.01. The molecule has 0 fully saturated rings. The van der Waals surface area contributed by atoms with Crippen LogP contribution in [0.1, 0.15) is 13.8 Å². The van der Waals surface area contributed by atoms with Gasteiger partial charge in [0.2, 0.25) is 0 Å². The van der Waals surface area contributed by atoms with E-state index in [1.165, 1.54) is 12.2 Å². The average Bonchev–Trinajstić information content (AvgIpc) is 2.58. The first-order chi connectivity index (χ1) is 8.08. The fraction of sp³-hybridized carbons (Fsp3) is 0.231. The molecule has 0 aromatic heterocycles. The minimum Gasteiger partial charge on any atom is -0.491 e. The van der Waals surface area contributed by atoms with Crippen molar-refractivity contribution in [2.24, 2.45) is 0 Å². The van der Waals surface area contributed by atoms with E-state index in [1.54, 1.807) is 24.3 Å². The molecule has 0 aliphatic carbocycles. The molecule has 0 saturated heterocycles. The molecule has 2 amide bonds. The molecule has 0 saturated carbocycles. The molecule has 0 spiro atoms. The van der Waals surface area contributed by atoms with Crippen LogP contribution in [0.15, 0.2) is 36.4 Å². The van der Waals surface area contributed by atoms with Gasteiger partial charge in [-0.25, -0.2) is 4.90 Å². The number of hydrogen-bond acceptors (Lipinski definition) is 3. The summed E-state index contributed by atoms with van der Waals surface area (Å²) in [5.74, 6) is -0.00149. The third-order valence-electron chi connectivity index (χ3n) is 2.26. The van der Waals surface area contributed by atoms with Gasteiger partial charge in [-0.15, -0.1) is 0 Å². The molecule has 0 unspecified atom stereocenters. The lowest BCUT2D eigenvalue weighted by Gasteiger charge is -2.16. The highest BCUT2D eigenvalue weighted by Gasteiger charge is 2.25. The lowest BCUT2D eigenvalue weighted by molar-refractivity contribution is -0.119. The Morgan fingerprint density at radius 2 is 1.76 bits per heavy atom. The predicted molar refractivity (Wildman–Crippen MR) is 63.8 cm³/mol. The Balaban J connectivity index is 2.27. The Bertz CT molecular complexity index is 473. The van der Waals surface area contributed by atoms with Gasteiger partial charge in [0.25, 0.3) is 11.8 Å². The first-order valence-electron chi connectivity index (χ1n) is 5.41. The van der Waals surface area contributed by atoms with Crippen molar-refractivity contribution in [2.75, 3.05) is 4.90 Å². The highest BCUT2D eigenvalue weighted by molar-refractivity contribution is 6.28. The van der Waals surface area contributed by atoms with Gasteiger partial charge in [0, 0.05) is 18.2 Å². The van der Waals surface area contributed by atoms with Gasteiger partial charge in [-0.2, -0.15) is 0 Å². The van der Waals surface area contributed by atoms with Crippen LogP contribution in [0.25, 0.3) is 0 Å². The van der Waals surface area contributed by atoms with Crippen LogP contribution in [0.4, 0.5) is 5.69 Å². The molecule has 4 nitrogen and oxygen atoms in total. The zero-order valence-corrected chi connectivity index (χ0v) is 9.71. The second-order valence-corrected chi connectivity index (χ2v) is 4.01. The van der Waals surface area contributed by atoms with Crippen molar-refractivity contribution >= 4 is 17.5 Å². The molecule has 1 heterocycles. The minimum atomic E-state index is -0.323. The lowest BCUT2D eigenvalue weighted by atomic mass is 10.2. The summed E-state index contributed by atoms with van der Waals surface area (Å²) in [6.45, 7) is 3.83. The minimum absolute atomic E-state index is 0.0494. The van der Waals surface area contributed by atoms with Gasteiger partial charge in [0.1, 0.15) is 5.75 Å². The Morgan fingerprint density at radius 3 is 2.35 bits per heavy atom. The van der Waals surface area contributed by atoms with Gasteiger partial charge >= 0.3 is 0 Å². The lowest BCUT2D eigenvalue weighted by Crippen LogP contribution is -2.29. The van der Waals surface area contributed by atoms with E-state index in [9.17, 15) is 9.59 Å². The number of nitrogens with zero attached hydrogens (tertiary/aromatic N) is 1. The van der Waals surface area contributed by atoms with Crippen molar-refractivity contribution in [3.63, 3.8) is 0 Å². The van der Waals surface area contributed by atoms with Crippen LogP contribution in [0.3, 0.4) is 0 Å². The summed E-state index contributed by atoms with van der Waals surface area (Å²) in [7, 11) is 0. The van der Waals surface area contributed by atoms with Crippen molar-refractivity contribution in [3.05, 3.63) is 36.4 Å². The first-order valence-corrected chi connectivity index (χ1v) is 5.41. The molecule has 2 rings (SSSR count). The normalized spacial score (nSPS) is 14.9. The number of hydrogen-bond donors (Lipinski definition) is 0. The fourth-order valence-corrected chi connectivity index (χ4v) is 1.62. The van der Waals surface area contributed by atoms with Gasteiger partial charge in [-0.3, -0.25) is 9.59 Å². The molecule has 88 valence electrons. The fourth-order valence-electron chi connectivity index (χ4n) is 1.62. The molecule has 0 bridgehead atoms. The molecule has 1 aromatic carbocycles. The van der Waals surface area contributed by atoms with Gasteiger partial charge in [0.15, 0.2) is 0 Å². The third kappa shape index (κ3) is 2.36. The standard InChI is InChI=1S/C13H13NO3/c1-9(2)17-11-5-3-4-10(8-11)14-12(15)6-7-13(14)16/h3-9H,1-2H3. The Kier molecular flexibility index (Phi) is 2.95. The van der Waals surface area contributed by atoms with Crippen molar-refractivity contribution < 1.29 is 14.3 Å². The van der Waals surface area contributed by atoms with E-state index in [0.29, 0.717) is 11.4 Å². The smallest absolute Gasteiger partial charge is 0.258 e. The van der Waals surface area contributed by atoms with E-state index < -0.39 is 0 Å². The van der Waals surface area contributed by atoms with Crippen molar-refractivity contribution in [1.82, 2.24) is 0 Å². The maximum atomic E-state index is 11.5. The van der Waals surface area contributed by atoms with Crippen LogP contribution in [0.5, 0.6) is 5.75 Å². The quantitative estimate of drug-likeness (QED) is 0.746. The SMILES string of the molecule is CC(C)Oc1cccc(N2C(=O)C=CC2=O)c1. The summed E-state index contributed by atoms with van der Waals surface area (Å²) < 4.78 is 5.52. The van der Waals surface area contributed by atoms with E-state index in [-0.39, 0.29) is 17.9 Å². The monoisotopic (exact) mass is 231 g/mol. The van der Waals surface area contributed by atoms with Gasteiger partial charge in [-0.1, -0.05) is 6.07 Å². The zero-order chi connectivity index (χ0) is 12.4. The molecule has 0 N–H and O–H groups in total. The second kappa shape index (κ2) is 4.41. The third-order valence-corrected chi connectivity index (χ3v) is 2.26. The largest absolute Gasteiger partial charge is 0.491 e. The number of imide groups is 1. The van der Waals surface area contributed by atoms with Crippen LogP contribution >= 0.6 is 0 Å². The molecule has 4 heteroatoms. The number of amides is 2. The highest BCUT2D eigenvalue weighted by Crippen LogP contribution is 2.24. The number of carbonyl (C=O) groups excluding carboxylic acids is 2. The number of rotatable bonds is 3. The molecular weight excluding hydrogens is 218 g/mol. The van der Waals surface area contributed by atoms with E-state index >= 15 is 0 Å². The molecule has 1 aromatic rings. The van der Waals surface area contributed by atoms with Gasteiger partial charge in [-0.05, 0) is 26.0 Å². The Morgan fingerprint density at radius 1 is 1.12 bits per heavy atom. The predicted octanol–water partition coefficient (Wildman–Crippen LogP) is 1.90. The molecule has 1 aliphatic heterocycles. The maximum absolute atomic E-state index is 11.5. The van der Waals surface area contributed by atoms with E-state index in [1.807, 2.05) is 13.8 Å². The summed E-state index contributed by atoms with van der Waals surface area (Å²) >= 11 is 0. The molecule has 0 atom stereocenters. The summed E-state index contributed by atoms with van der Waals surface area (Å²) in [4.78, 5) is 24.1. The number of carbonyl (C=O) groups is 2. The first kappa shape index (κ1) is 11.4. The Labute approximate surface area is 99.5 Å². The zero-order valence-electron chi connectivity index (χ0n) is 9.71. The van der Waals surface area contributed by atoms with E-state index in [0.717, 1.165) is 4.90 Å². The number of ether oxygens (including phenoxy) is 1. The van der Waals surface area contributed by atoms with Gasteiger partial charge < -0.3 is 4.74 Å². The van der Waals surface area contributed by atoms with Crippen molar-refractivity contribution in [3.8, 4) is 5.75 Å². The van der Waals surface area contributed by atoms with Crippen LogP contribution in [0, 0.1) is 0 Å². The van der Waals surface area contributed by atoms with Crippen LogP contribution in [-0.2, 0) is 9.59 Å². The van der Waals surface area contributed by atoms with Crippen molar-refractivity contribution in [1.29, 1.82) is 0 Å². The van der Waals surface area contributed by atoms with Crippen LogP contribution in [-0.4, -0.2) is 17.9 Å². The highest BCUT2D eigenvalue weighted by atomic mass is 16.5. The summed E-state index contributed by atoms with van der Waals surface area (Å²) in [6, 6.07) is 6.94. The molecule has 0 radical (unpaired) electrons. The van der Waals surface area contributed by atoms with Crippen LogP contribution in [0.2, 0.25) is 0 Å². The van der Waals surface area contributed by atoms with E-state index in [2.05, 4.69) is 0 Å². The number of anilines is 1. The van der Waals surface area contributed by atoms with Crippen molar-refractivity contribution in [2.45, 2.75) is 20.0 Å². The summed E-state index contributed by atoms with van der Waals surface area (Å²) in [6.07, 6.45) is 2.57. The number of benzene rings is 1. The maximum Gasteiger partial charge on any atom is 0.258 e.